The number of aryl methyl sites for hydroxylation is 2. The van der Waals surface area contributed by atoms with E-state index in [1.807, 2.05) is 6.92 Å². The maximum atomic E-state index is 12.3. The third-order valence-corrected chi connectivity index (χ3v) is 5.54. The molecule has 0 saturated carbocycles. The summed E-state index contributed by atoms with van der Waals surface area (Å²) >= 11 is 4.62. The lowest BCUT2D eigenvalue weighted by Crippen LogP contribution is -2.19. The molecule has 146 valence electrons. The van der Waals surface area contributed by atoms with Gasteiger partial charge in [0.2, 0.25) is 0 Å². The summed E-state index contributed by atoms with van der Waals surface area (Å²) in [6.07, 6.45) is 1.76. The zero-order valence-electron chi connectivity index (χ0n) is 15.9. The summed E-state index contributed by atoms with van der Waals surface area (Å²) in [4.78, 5) is 17.4. The van der Waals surface area contributed by atoms with E-state index in [4.69, 9.17) is 4.74 Å². The van der Waals surface area contributed by atoms with Crippen LogP contribution in [0.25, 0.3) is 6.08 Å². The van der Waals surface area contributed by atoms with Gasteiger partial charge in [-0.2, -0.15) is 0 Å². The molecule has 1 amide bonds. The molecule has 2 aromatic rings. The van der Waals surface area contributed by atoms with Gasteiger partial charge in [0, 0.05) is 0 Å². The fraction of sp³-hybridized carbons (Fsp3) is 0.238. The molecule has 1 heterocycles. The second kappa shape index (κ2) is 8.84. The highest BCUT2D eigenvalue weighted by Crippen LogP contribution is 2.37. The molecular weight excluding hydrogens is 440 g/mol. The first-order valence-corrected chi connectivity index (χ1v) is 10.4. The third-order valence-electron chi connectivity index (χ3n) is 3.99. The number of carbonyl (C=O) groups is 1. The number of aromatic hydroxyl groups is 1. The van der Waals surface area contributed by atoms with Gasteiger partial charge < -0.3 is 15.2 Å². The van der Waals surface area contributed by atoms with E-state index in [2.05, 4.69) is 58.3 Å². The van der Waals surface area contributed by atoms with Crippen molar-refractivity contribution in [2.24, 2.45) is 4.99 Å². The highest BCUT2D eigenvalue weighted by molar-refractivity contribution is 9.10. The van der Waals surface area contributed by atoms with E-state index >= 15 is 0 Å². The van der Waals surface area contributed by atoms with Gasteiger partial charge in [-0.1, -0.05) is 29.3 Å². The van der Waals surface area contributed by atoms with Crippen molar-refractivity contribution in [3.8, 4) is 11.5 Å². The minimum atomic E-state index is -0.189. The van der Waals surface area contributed by atoms with Crippen LogP contribution in [0.3, 0.4) is 0 Å². The third kappa shape index (κ3) is 4.97. The number of nitrogens with one attached hydrogen (secondary N) is 1. The second-order valence-corrected chi connectivity index (χ2v) is 8.35. The Morgan fingerprint density at radius 2 is 1.93 bits per heavy atom. The number of hydrogen-bond acceptors (Lipinski definition) is 5. The first-order chi connectivity index (χ1) is 13.4. The molecular formula is C21H21BrN2O3S. The van der Waals surface area contributed by atoms with Gasteiger partial charge in [-0.25, -0.2) is 0 Å². The normalized spacial score (nSPS) is 16.6. The second-order valence-electron chi connectivity index (χ2n) is 6.46. The fourth-order valence-electron chi connectivity index (χ4n) is 2.92. The number of rotatable bonds is 5. The number of carbonyl (C=O) groups excluding carboxylic acids is 1. The zero-order chi connectivity index (χ0) is 20.3. The Bertz CT molecular complexity index is 966. The molecule has 0 unspecified atom stereocenters. The number of thioether (sulfide) groups is 1. The summed E-state index contributed by atoms with van der Waals surface area (Å²) < 4.78 is 5.95. The molecule has 7 heteroatoms. The molecule has 0 aliphatic carbocycles. The molecule has 5 nitrogen and oxygen atoms in total. The van der Waals surface area contributed by atoms with Gasteiger partial charge in [-0.15, -0.1) is 0 Å². The van der Waals surface area contributed by atoms with E-state index in [0.29, 0.717) is 33.4 Å². The molecule has 2 aromatic carbocycles. The van der Waals surface area contributed by atoms with Crippen LogP contribution in [0.15, 0.2) is 44.7 Å². The molecule has 0 radical (unpaired) electrons. The van der Waals surface area contributed by atoms with Crippen LogP contribution in [0, 0.1) is 13.8 Å². The Morgan fingerprint density at radius 3 is 2.61 bits per heavy atom. The first kappa shape index (κ1) is 20.5. The Balaban J connectivity index is 1.78. The minimum Gasteiger partial charge on any atom is -0.503 e. The van der Waals surface area contributed by atoms with E-state index in [9.17, 15) is 9.90 Å². The number of ether oxygens (including phenoxy) is 1. The van der Waals surface area contributed by atoms with Crippen molar-refractivity contribution in [1.29, 1.82) is 0 Å². The monoisotopic (exact) mass is 460 g/mol. The van der Waals surface area contributed by atoms with Gasteiger partial charge in [0.15, 0.2) is 16.7 Å². The molecule has 0 bridgehead atoms. The fourth-order valence-corrected chi connectivity index (χ4v) is 4.20. The average Bonchev–Trinajstić information content (AvgIpc) is 2.96. The molecule has 1 aliphatic rings. The van der Waals surface area contributed by atoms with Gasteiger partial charge in [0.05, 0.1) is 22.5 Å². The Kier molecular flexibility index (Phi) is 6.46. The summed E-state index contributed by atoms with van der Waals surface area (Å²) in [6, 6.07) is 9.76. The molecule has 3 rings (SSSR count). The standard InChI is InChI=1S/C21H21BrN2O3S/c1-4-27-17-9-14(8-16(22)19(17)25)10-18-20(26)24-21(28-18)23-11-15-6-12(2)5-13(3)7-15/h5-10,25H,4,11H2,1-3H3,(H,23,24,26)/b18-10-. The van der Waals surface area contributed by atoms with Crippen LogP contribution >= 0.6 is 27.7 Å². The lowest BCUT2D eigenvalue weighted by atomic mass is 10.1. The van der Waals surface area contributed by atoms with Crippen LogP contribution < -0.4 is 10.1 Å². The summed E-state index contributed by atoms with van der Waals surface area (Å²) in [5.41, 5.74) is 4.26. The maximum absolute atomic E-state index is 12.3. The van der Waals surface area contributed by atoms with Crippen LogP contribution in [-0.4, -0.2) is 22.8 Å². The van der Waals surface area contributed by atoms with Gasteiger partial charge in [-0.05, 0) is 77.8 Å². The van der Waals surface area contributed by atoms with E-state index < -0.39 is 0 Å². The molecule has 2 N–H and O–H groups in total. The molecule has 1 fully saturated rings. The van der Waals surface area contributed by atoms with Crippen molar-refractivity contribution >= 4 is 44.8 Å². The Hall–Kier alpha value is -2.25. The van der Waals surface area contributed by atoms with Crippen molar-refractivity contribution in [3.63, 3.8) is 0 Å². The number of halogens is 1. The molecule has 0 aromatic heterocycles. The SMILES string of the molecule is CCOc1cc(/C=C2\SC(=NCc3cc(C)cc(C)c3)NC2=O)cc(Br)c1O. The summed E-state index contributed by atoms with van der Waals surface area (Å²) in [5.74, 6) is 0.227. The molecule has 1 saturated heterocycles. The van der Waals surface area contributed by atoms with Crippen molar-refractivity contribution in [2.45, 2.75) is 27.3 Å². The predicted molar refractivity (Wildman–Crippen MR) is 118 cm³/mol. The Morgan fingerprint density at radius 1 is 1.21 bits per heavy atom. The maximum Gasteiger partial charge on any atom is 0.264 e. The van der Waals surface area contributed by atoms with Gasteiger partial charge >= 0.3 is 0 Å². The van der Waals surface area contributed by atoms with E-state index in [-0.39, 0.29) is 11.7 Å². The van der Waals surface area contributed by atoms with Gasteiger partial charge in [0.1, 0.15) is 0 Å². The average molecular weight is 461 g/mol. The highest BCUT2D eigenvalue weighted by atomic mass is 79.9. The molecule has 28 heavy (non-hydrogen) atoms. The lowest BCUT2D eigenvalue weighted by Gasteiger charge is -2.08. The van der Waals surface area contributed by atoms with Crippen molar-refractivity contribution in [2.75, 3.05) is 6.61 Å². The van der Waals surface area contributed by atoms with Crippen LogP contribution in [0.1, 0.15) is 29.2 Å². The van der Waals surface area contributed by atoms with Crippen molar-refractivity contribution < 1.29 is 14.6 Å². The molecule has 1 aliphatic heterocycles. The molecule has 0 spiro atoms. The van der Waals surface area contributed by atoms with Crippen LogP contribution in [-0.2, 0) is 11.3 Å². The summed E-state index contributed by atoms with van der Waals surface area (Å²) in [7, 11) is 0. The zero-order valence-corrected chi connectivity index (χ0v) is 18.3. The van der Waals surface area contributed by atoms with Gasteiger partial charge in [-0.3, -0.25) is 9.79 Å². The number of nitrogens with zero attached hydrogens (tertiary/aromatic N) is 1. The smallest absolute Gasteiger partial charge is 0.264 e. The number of amides is 1. The van der Waals surface area contributed by atoms with E-state index in [0.717, 1.165) is 11.1 Å². The predicted octanol–water partition coefficient (Wildman–Crippen LogP) is 4.93. The lowest BCUT2D eigenvalue weighted by molar-refractivity contribution is -0.115. The topological polar surface area (TPSA) is 70.9 Å². The van der Waals surface area contributed by atoms with Crippen LogP contribution in [0.4, 0.5) is 0 Å². The number of benzene rings is 2. The van der Waals surface area contributed by atoms with E-state index in [1.54, 1.807) is 18.2 Å². The van der Waals surface area contributed by atoms with Gasteiger partial charge in [0.25, 0.3) is 5.91 Å². The highest BCUT2D eigenvalue weighted by Gasteiger charge is 2.24. The largest absolute Gasteiger partial charge is 0.503 e. The number of phenolic OH excluding ortho intramolecular Hbond substituents is 1. The minimum absolute atomic E-state index is 0.0447. The quantitative estimate of drug-likeness (QED) is 0.620. The molecule has 0 atom stereocenters. The van der Waals surface area contributed by atoms with Crippen molar-refractivity contribution in [3.05, 3.63) is 62.0 Å². The first-order valence-electron chi connectivity index (χ1n) is 8.83. The van der Waals surface area contributed by atoms with Crippen LogP contribution in [0.5, 0.6) is 11.5 Å². The number of amidine groups is 1. The number of phenols is 1. The van der Waals surface area contributed by atoms with E-state index in [1.165, 1.54) is 22.9 Å². The Labute approximate surface area is 177 Å². The van der Waals surface area contributed by atoms with Crippen LogP contribution in [0.2, 0.25) is 0 Å². The van der Waals surface area contributed by atoms with Crippen molar-refractivity contribution in [1.82, 2.24) is 5.32 Å². The summed E-state index contributed by atoms with van der Waals surface area (Å²) in [6.45, 7) is 6.91. The number of hydrogen-bond donors (Lipinski definition) is 2. The number of aliphatic imine (C=N–C) groups is 1. The summed E-state index contributed by atoms with van der Waals surface area (Å²) in [5, 5.41) is 13.4.